The second kappa shape index (κ2) is 8.49. The molecule has 0 unspecified atom stereocenters. The van der Waals surface area contributed by atoms with Gasteiger partial charge in [-0.15, -0.1) is 0 Å². The van der Waals surface area contributed by atoms with E-state index in [1.165, 1.54) is 0 Å². The van der Waals surface area contributed by atoms with Crippen molar-refractivity contribution in [3.63, 3.8) is 0 Å². The first-order valence-electron chi connectivity index (χ1n) is 8.74. The maximum atomic E-state index is 12.5. The highest BCUT2D eigenvalue weighted by Crippen LogP contribution is 2.35. The molecule has 24 heavy (non-hydrogen) atoms. The van der Waals surface area contributed by atoms with Crippen LogP contribution in [0.2, 0.25) is 0 Å². The fraction of sp³-hybridized carbons (Fsp3) is 0.632. The Hall–Kier alpha value is -1.59. The number of methoxy groups -OCH3 is 1. The van der Waals surface area contributed by atoms with Gasteiger partial charge in [-0.05, 0) is 37.0 Å². The summed E-state index contributed by atoms with van der Waals surface area (Å²) in [5.41, 5.74) is 0.533. The van der Waals surface area contributed by atoms with Gasteiger partial charge in [0.05, 0.1) is 19.8 Å². The van der Waals surface area contributed by atoms with Gasteiger partial charge in [-0.3, -0.25) is 4.79 Å². The van der Waals surface area contributed by atoms with Crippen LogP contribution in [-0.2, 0) is 11.2 Å². The van der Waals surface area contributed by atoms with Crippen LogP contribution in [0, 0.1) is 5.41 Å². The normalized spacial score (nSPS) is 24.0. The third-order valence-corrected chi connectivity index (χ3v) is 5.09. The second-order valence-corrected chi connectivity index (χ2v) is 6.74. The third-order valence-electron chi connectivity index (χ3n) is 5.09. The Labute approximate surface area is 144 Å². The number of aliphatic hydroxyl groups is 2. The van der Waals surface area contributed by atoms with Crippen molar-refractivity contribution in [2.24, 2.45) is 5.41 Å². The highest BCUT2D eigenvalue weighted by Gasteiger charge is 2.42. The highest BCUT2D eigenvalue weighted by atomic mass is 16.5. The van der Waals surface area contributed by atoms with Crippen molar-refractivity contribution in [3.05, 3.63) is 29.8 Å². The topological polar surface area (TPSA) is 70.0 Å². The molecule has 1 amide bonds. The molecular formula is C19H29NO4. The molecule has 0 saturated carbocycles. The summed E-state index contributed by atoms with van der Waals surface area (Å²) in [5, 5.41) is 20.1. The maximum Gasteiger partial charge on any atom is 0.222 e. The van der Waals surface area contributed by atoms with Crippen molar-refractivity contribution in [2.75, 3.05) is 26.8 Å². The summed E-state index contributed by atoms with van der Waals surface area (Å²) in [7, 11) is 1.63. The van der Waals surface area contributed by atoms with Gasteiger partial charge in [0.25, 0.3) is 0 Å². The van der Waals surface area contributed by atoms with Crippen molar-refractivity contribution in [3.8, 4) is 5.75 Å². The number of carbonyl (C=O) groups excluding carboxylic acids is 1. The predicted molar refractivity (Wildman–Crippen MR) is 92.9 cm³/mol. The molecule has 0 aliphatic carbocycles. The van der Waals surface area contributed by atoms with Gasteiger partial charge in [0.15, 0.2) is 0 Å². The number of nitrogens with zero attached hydrogens (tertiary/aromatic N) is 1. The van der Waals surface area contributed by atoms with Gasteiger partial charge in [0.2, 0.25) is 5.91 Å². The lowest BCUT2D eigenvalue weighted by atomic mass is 9.74. The first-order valence-corrected chi connectivity index (χ1v) is 8.74. The molecule has 2 N–H and O–H groups in total. The molecule has 0 bridgehead atoms. The number of ether oxygens (including phenoxy) is 1. The summed E-state index contributed by atoms with van der Waals surface area (Å²) in [6.45, 7) is 2.97. The Bertz CT molecular complexity index is 531. The van der Waals surface area contributed by atoms with E-state index in [1.807, 2.05) is 36.1 Å². The highest BCUT2D eigenvalue weighted by molar-refractivity contribution is 5.76. The Kier molecular flexibility index (Phi) is 6.63. The first kappa shape index (κ1) is 18.7. The van der Waals surface area contributed by atoms with E-state index >= 15 is 0 Å². The molecule has 0 spiro atoms. The molecule has 1 heterocycles. The SMILES string of the molecule is CCC[C@@]1(CO)CN(C(=O)CCc2ccc(OC)cc2)CC[C@@H]1O. The lowest BCUT2D eigenvalue weighted by Gasteiger charge is -2.45. The van der Waals surface area contributed by atoms with E-state index in [4.69, 9.17) is 4.74 Å². The zero-order valence-corrected chi connectivity index (χ0v) is 14.7. The van der Waals surface area contributed by atoms with E-state index in [0.29, 0.717) is 32.4 Å². The van der Waals surface area contributed by atoms with Crippen LogP contribution < -0.4 is 4.74 Å². The van der Waals surface area contributed by atoms with Crippen LogP contribution in [0.15, 0.2) is 24.3 Å². The molecule has 1 aliphatic heterocycles. The summed E-state index contributed by atoms with van der Waals surface area (Å²) >= 11 is 0. The molecular weight excluding hydrogens is 306 g/mol. The zero-order chi connectivity index (χ0) is 17.6. The van der Waals surface area contributed by atoms with Gasteiger partial charge in [0.1, 0.15) is 5.75 Å². The standard InChI is InChI=1S/C19H29NO4/c1-3-11-19(14-21)13-20(12-10-17(19)22)18(23)9-6-15-4-7-16(24-2)8-5-15/h4-5,7-8,17,21-22H,3,6,9-14H2,1-2H3/t17-,19-/m0/s1. The van der Waals surface area contributed by atoms with Crippen molar-refractivity contribution in [2.45, 2.75) is 45.1 Å². The smallest absolute Gasteiger partial charge is 0.222 e. The maximum absolute atomic E-state index is 12.5. The van der Waals surface area contributed by atoms with Crippen LogP contribution in [-0.4, -0.2) is 53.9 Å². The van der Waals surface area contributed by atoms with Crippen LogP contribution in [0.3, 0.4) is 0 Å². The predicted octanol–water partition coefficient (Wildman–Crippen LogP) is 2.00. The Balaban J connectivity index is 1.93. The number of rotatable bonds is 7. The summed E-state index contributed by atoms with van der Waals surface area (Å²) in [6, 6.07) is 7.74. The number of carbonyl (C=O) groups is 1. The van der Waals surface area contributed by atoms with Crippen molar-refractivity contribution >= 4 is 5.91 Å². The third kappa shape index (κ3) is 4.28. The molecule has 1 aromatic rings. The zero-order valence-electron chi connectivity index (χ0n) is 14.7. The first-order chi connectivity index (χ1) is 11.5. The number of benzene rings is 1. The van der Waals surface area contributed by atoms with Crippen LogP contribution in [0.5, 0.6) is 5.75 Å². The van der Waals surface area contributed by atoms with Crippen LogP contribution in [0.25, 0.3) is 0 Å². The molecule has 134 valence electrons. The minimum atomic E-state index is -0.567. The molecule has 1 aliphatic rings. The molecule has 5 heteroatoms. The average Bonchev–Trinajstić information content (AvgIpc) is 2.62. The van der Waals surface area contributed by atoms with E-state index in [9.17, 15) is 15.0 Å². The fourth-order valence-electron chi connectivity index (χ4n) is 3.54. The van der Waals surface area contributed by atoms with E-state index in [2.05, 4.69) is 0 Å². The van der Waals surface area contributed by atoms with Crippen LogP contribution in [0.4, 0.5) is 0 Å². The van der Waals surface area contributed by atoms with Crippen molar-refractivity contribution < 1.29 is 19.7 Å². The quantitative estimate of drug-likeness (QED) is 0.800. The van der Waals surface area contributed by atoms with Crippen molar-refractivity contribution in [1.29, 1.82) is 0 Å². The summed E-state index contributed by atoms with van der Waals surface area (Å²) in [4.78, 5) is 14.4. The number of aliphatic hydroxyl groups excluding tert-OH is 2. The molecule has 1 aromatic carbocycles. The van der Waals surface area contributed by atoms with Crippen molar-refractivity contribution in [1.82, 2.24) is 4.90 Å². The average molecular weight is 335 g/mol. The number of hydrogen-bond acceptors (Lipinski definition) is 4. The summed E-state index contributed by atoms with van der Waals surface area (Å²) < 4.78 is 5.14. The van der Waals surface area contributed by atoms with E-state index in [-0.39, 0.29) is 12.5 Å². The Morgan fingerprint density at radius 1 is 1.38 bits per heavy atom. The lowest BCUT2D eigenvalue weighted by Crippen LogP contribution is -2.55. The van der Waals surface area contributed by atoms with Gasteiger partial charge in [-0.1, -0.05) is 25.5 Å². The molecule has 2 rings (SSSR count). The number of amides is 1. The Morgan fingerprint density at radius 3 is 2.67 bits per heavy atom. The molecule has 1 saturated heterocycles. The van der Waals surface area contributed by atoms with E-state index in [1.54, 1.807) is 7.11 Å². The summed E-state index contributed by atoms with van der Waals surface area (Å²) in [5.74, 6) is 0.897. The van der Waals surface area contributed by atoms with E-state index in [0.717, 1.165) is 24.2 Å². The van der Waals surface area contributed by atoms with Gasteiger partial charge in [0, 0.05) is 24.9 Å². The minimum absolute atomic E-state index is 0.0791. The van der Waals surface area contributed by atoms with Gasteiger partial charge < -0.3 is 19.8 Å². The largest absolute Gasteiger partial charge is 0.497 e. The molecule has 0 radical (unpaired) electrons. The monoisotopic (exact) mass is 335 g/mol. The van der Waals surface area contributed by atoms with Crippen LogP contribution in [0.1, 0.15) is 38.2 Å². The van der Waals surface area contributed by atoms with Crippen LogP contribution >= 0.6 is 0 Å². The molecule has 0 aromatic heterocycles. The Morgan fingerprint density at radius 2 is 2.08 bits per heavy atom. The molecule has 5 nitrogen and oxygen atoms in total. The fourth-order valence-corrected chi connectivity index (χ4v) is 3.54. The van der Waals surface area contributed by atoms with E-state index < -0.39 is 11.5 Å². The second-order valence-electron chi connectivity index (χ2n) is 6.74. The molecule has 2 atom stereocenters. The number of likely N-dealkylation sites (tertiary alicyclic amines) is 1. The minimum Gasteiger partial charge on any atom is -0.497 e. The number of piperidine rings is 1. The van der Waals surface area contributed by atoms with Gasteiger partial charge >= 0.3 is 0 Å². The number of hydrogen-bond donors (Lipinski definition) is 2. The number of aryl methyl sites for hydroxylation is 1. The van der Waals surface area contributed by atoms with Gasteiger partial charge in [-0.25, -0.2) is 0 Å². The molecule has 1 fully saturated rings. The van der Waals surface area contributed by atoms with Gasteiger partial charge in [-0.2, -0.15) is 0 Å². The summed E-state index contributed by atoms with van der Waals surface area (Å²) in [6.07, 6.45) is 2.73. The lowest BCUT2D eigenvalue weighted by molar-refractivity contribution is -0.142.